The minimum Gasteiger partial charge on any atom is -0.393 e. The average Bonchev–Trinajstić information content (AvgIpc) is 3.36. The van der Waals surface area contributed by atoms with Crippen LogP contribution in [0.3, 0.4) is 0 Å². The molecule has 2 aromatic carbocycles. The maximum Gasteiger partial charge on any atom is 0.225 e. The largest absolute Gasteiger partial charge is 0.393 e. The predicted octanol–water partition coefficient (Wildman–Crippen LogP) is 6.07. The first-order valence-electron chi connectivity index (χ1n) is 13.0. The van der Waals surface area contributed by atoms with E-state index in [4.69, 9.17) is 20.2 Å². The summed E-state index contributed by atoms with van der Waals surface area (Å²) in [4.78, 5) is 18.6. The van der Waals surface area contributed by atoms with Gasteiger partial charge in [0.05, 0.1) is 22.0 Å². The minimum atomic E-state index is -0.210. The number of aliphatic hydroxyl groups excluding tert-OH is 1. The van der Waals surface area contributed by atoms with Gasteiger partial charge < -0.3 is 15.7 Å². The van der Waals surface area contributed by atoms with E-state index in [9.17, 15) is 5.11 Å². The van der Waals surface area contributed by atoms with Gasteiger partial charge in [-0.1, -0.05) is 47.7 Å². The molecular weight excluding hydrogens is 506 g/mol. The monoisotopic (exact) mass is 533 g/mol. The third kappa shape index (κ3) is 6.03. The van der Waals surface area contributed by atoms with Crippen molar-refractivity contribution in [3.63, 3.8) is 0 Å². The molecule has 8 nitrogen and oxygen atoms in total. The van der Waals surface area contributed by atoms with E-state index in [1.54, 1.807) is 23.6 Å². The molecule has 9 heteroatoms. The highest BCUT2D eigenvalue weighted by Crippen LogP contribution is 2.32. The third-order valence-corrected chi connectivity index (χ3v) is 7.81. The number of nitriles is 1. The number of rotatable bonds is 7. The summed E-state index contributed by atoms with van der Waals surface area (Å²) in [6.45, 7) is 0. The molecule has 0 amide bonds. The van der Waals surface area contributed by atoms with Crippen LogP contribution in [0.25, 0.3) is 21.3 Å². The number of fused-ring (bicyclic) bond motifs is 1. The first-order chi connectivity index (χ1) is 19.1. The van der Waals surface area contributed by atoms with Crippen molar-refractivity contribution in [1.82, 2.24) is 19.9 Å². The number of hydrogen-bond acceptors (Lipinski definition) is 9. The fraction of sp³-hybridized carbons (Fsp3) is 0.233. The molecule has 1 saturated carbocycles. The lowest BCUT2D eigenvalue weighted by molar-refractivity contribution is 0.126. The van der Waals surface area contributed by atoms with Crippen molar-refractivity contribution in [2.24, 2.45) is 0 Å². The summed E-state index contributed by atoms with van der Waals surface area (Å²) < 4.78 is 1.04. The highest BCUT2D eigenvalue weighted by Gasteiger charge is 2.20. The van der Waals surface area contributed by atoms with Gasteiger partial charge >= 0.3 is 0 Å². The molecule has 6 rings (SSSR count). The molecule has 0 atom stereocenters. The van der Waals surface area contributed by atoms with Gasteiger partial charge in [-0.05, 0) is 61.1 Å². The normalized spacial score (nSPS) is 17.0. The molecule has 3 N–H and O–H groups in total. The fourth-order valence-electron chi connectivity index (χ4n) is 4.82. The summed E-state index contributed by atoms with van der Waals surface area (Å²) >= 11 is 1.56. The molecule has 3 aromatic heterocycles. The molecule has 0 spiro atoms. The van der Waals surface area contributed by atoms with E-state index in [2.05, 4.69) is 39.9 Å². The van der Waals surface area contributed by atoms with Crippen LogP contribution in [0, 0.1) is 11.3 Å². The standard InChI is InChI=1S/C30H27N7OS/c31-17-23-8-6-21(18-32-23)20-7-13-26-27(15-20)39-30(35-26)37-28-16-24(14-19-4-2-1-3-5-19)34-29(36-28)33-22-9-11-25(38)12-10-22/h1-8,13,15-16,18,22,25,38H,9-12,14H2,(H2,33,34,35,36,37). The van der Waals surface area contributed by atoms with Crippen LogP contribution >= 0.6 is 11.3 Å². The maximum atomic E-state index is 9.88. The highest BCUT2D eigenvalue weighted by molar-refractivity contribution is 7.22. The van der Waals surface area contributed by atoms with E-state index < -0.39 is 0 Å². The topological polar surface area (TPSA) is 120 Å². The molecular formula is C30H27N7OS. The van der Waals surface area contributed by atoms with Crippen LogP contribution in [-0.4, -0.2) is 37.2 Å². The molecule has 5 aromatic rings. The van der Waals surface area contributed by atoms with Crippen molar-refractivity contribution in [1.29, 1.82) is 5.26 Å². The summed E-state index contributed by atoms with van der Waals surface area (Å²) in [5, 5.41) is 26.5. The second-order valence-electron chi connectivity index (χ2n) is 9.75. The van der Waals surface area contributed by atoms with E-state index >= 15 is 0 Å². The van der Waals surface area contributed by atoms with Gasteiger partial charge in [0, 0.05) is 30.3 Å². The quantitative estimate of drug-likeness (QED) is 0.231. The van der Waals surface area contributed by atoms with Crippen molar-refractivity contribution < 1.29 is 5.11 Å². The second kappa shape index (κ2) is 11.2. The fourth-order valence-corrected chi connectivity index (χ4v) is 5.73. The number of nitrogens with zero attached hydrogens (tertiary/aromatic N) is 5. The van der Waals surface area contributed by atoms with Crippen LogP contribution in [0.1, 0.15) is 42.6 Å². The SMILES string of the molecule is N#Cc1ccc(-c2ccc3nc(Nc4cc(Cc5ccccc5)nc(NC5CCC(O)CC5)n4)sc3c2)cn1. The molecule has 1 aliphatic rings. The molecule has 0 bridgehead atoms. The first kappa shape index (κ1) is 24.9. The summed E-state index contributed by atoms with van der Waals surface area (Å²) in [5.74, 6) is 1.27. The van der Waals surface area contributed by atoms with Crippen molar-refractivity contribution in [2.75, 3.05) is 10.6 Å². The Balaban J connectivity index is 1.26. The summed E-state index contributed by atoms with van der Waals surface area (Å²) in [6, 6.07) is 24.3. The van der Waals surface area contributed by atoms with E-state index in [-0.39, 0.29) is 12.1 Å². The number of pyridine rings is 1. The first-order valence-corrected chi connectivity index (χ1v) is 13.8. The van der Waals surface area contributed by atoms with Gasteiger partial charge in [-0.25, -0.2) is 15.0 Å². The van der Waals surface area contributed by atoms with E-state index in [1.165, 1.54) is 5.56 Å². The van der Waals surface area contributed by atoms with Crippen LogP contribution in [-0.2, 0) is 6.42 Å². The van der Waals surface area contributed by atoms with Crippen LogP contribution in [0.2, 0.25) is 0 Å². The van der Waals surface area contributed by atoms with Crippen molar-refractivity contribution in [3.05, 3.63) is 89.9 Å². The zero-order valence-corrected chi connectivity index (χ0v) is 22.0. The van der Waals surface area contributed by atoms with Gasteiger partial charge in [-0.15, -0.1) is 0 Å². The number of aliphatic hydroxyl groups is 1. The van der Waals surface area contributed by atoms with E-state index in [1.807, 2.05) is 42.5 Å². The van der Waals surface area contributed by atoms with Gasteiger partial charge in [0.2, 0.25) is 5.95 Å². The average molecular weight is 534 g/mol. The molecule has 0 unspecified atom stereocenters. The number of benzene rings is 2. The maximum absolute atomic E-state index is 9.88. The molecule has 3 heterocycles. The van der Waals surface area contributed by atoms with Crippen molar-refractivity contribution in [2.45, 2.75) is 44.2 Å². The van der Waals surface area contributed by atoms with E-state index in [0.29, 0.717) is 23.9 Å². The van der Waals surface area contributed by atoms with E-state index in [0.717, 1.165) is 57.9 Å². The molecule has 1 fully saturated rings. The van der Waals surface area contributed by atoms with Crippen LogP contribution in [0.4, 0.5) is 16.9 Å². The van der Waals surface area contributed by atoms with Crippen LogP contribution in [0.5, 0.6) is 0 Å². The molecule has 39 heavy (non-hydrogen) atoms. The Morgan fingerprint density at radius 2 is 1.74 bits per heavy atom. The highest BCUT2D eigenvalue weighted by atomic mass is 32.1. The zero-order valence-electron chi connectivity index (χ0n) is 21.2. The van der Waals surface area contributed by atoms with Gasteiger partial charge in [0.15, 0.2) is 5.13 Å². The smallest absolute Gasteiger partial charge is 0.225 e. The molecule has 0 aliphatic heterocycles. The number of hydrogen-bond donors (Lipinski definition) is 3. The second-order valence-corrected chi connectivity index (χ2v) is 10.8. The summed E-state index contributed by atoms with van der Waals surface area (Å²) in [5.41, 5.74) is 5.35. The third-order valence-electron chi connectivity index (χ3n) is 6.87. The lowest BCUT2D eigenvalue weighted by Crippen LogP contribution is -2.29. The molecule has 194 valence electrons. The minimum absolute atomic E-state index is 0.210. The molecule has 0 saturated heterocycles. The Labute approximate surface area is 230 Å². The van der Waals surface area contributed by atoms with Gasteiger partial charge in [-0.2, -0.15) is 10.2 Å². The lowest BCUT2D eigenvalue weighted by Gasteiger charge is -2.26. The summed E-state index contributed by atoms with van der Waals surface area (Å²) in [6.07, 6.45) is 5.57. The van der Waals surface area contributed by atoms with Crippen molar-refractivity contribution in [3.8, 4) is 17.2 Å². The van der Waals surface area contributed by atoms with Gasteiger partial charge in [-0.3, -0.25) is 0 Å². The molecule has 1 aliphatic carbocycles. The van der Waals surface area contributed by atoms with Gasteiger partial charge in [0.1, 0.15) is 17.6 Å². The van der Waals surface area contributed by atoms with Crippen LogP contribution < -0.4 is 10.6 Å². The Morgan fingerprint density at radius 3 is 2.51 bits per heavy atom. The van der Waals surface area contributed by atoms with Crippen molar-refractivity contribution >= 4 is 38.5 Å². The Bertz CT molecular complexity index is 1620. The Hall–Kier alpha value is -4.39. The molecule has 0 radical (unpaired) electrons. The number of anilines is 3. The number of nitrogens with one attached hydrogen (secondary N) is 2. The number of thiazole rings is 1. The zero-order chi connectivity index (χ0) is 26.6. The predicted molar refractivity (Wildman–Crippen MR) is 154 cm³/mol. The number of aromatic nitrogens is 4. The Kier molecular flexibility index (Phi) is 7.13. The van der Waals surface area contributed by atoms with Crippen LogP contribution in [0.15, 0.2) is 72.9 Å². The lowest BCUT2D eigenvalue weighted by atomic mass is 9.93. The van der Waals surface area contributed by atoms with Gasteiger partial charge in [0.25, 0.3) is 0 Å². The summed E-state index contributed by atoms with van der Waals surface area (Å²) in [7, 11) is 0. The Morgan fingerprint density at radius 1 is 0.923 bits per heavy atom.